The number of hydrogen-bond acceptors (Lipinski definition) is 4. The van der Waals surface area contributed by atoms with Gasteiger partial charge in [-0.2, -0.15) is 10.4 Å². The van der Waals surface area contributed by atoms with Crippen LogP contribution in [0.2, 0.25) is 0 Å². The third-order valence-corrected chi connectivity index (χ3v) is 5.40. The van der Waals surface area contributed by atoms with Gasteiger partial charge in [-0.1, -0.05) is 30.3 Å². The van der Waals surface area contributed by atoms with Crippen LogP contribution in [0.15, 0.2) is 30.3 Å². The van der Waals surface area contributed by atoms with E-state index < -0.39 is 0 Å². The smallest absolute Gasteiger partial charge is 0.199 e. The predicted molar refractivity (Wildman–Crippen MR) is 98.5 cm³/mol. The highest BCUT2D eigenvalue weighted by Crippen LogP contribution is 2.39. The first-order chi connectivity index (χ1) is 12.3. The van der Waals surface area contributed by atoms with E-state index in [1.807, 2.05) is 10.7 Å². The summed E-state index contributed by atoms with van der Waals surface area (Å²) in [6.45, 7) is 2.28. The van der Waals surface area contributed by atoms with Crippen molar-refractivity contribution in [1.29, 1.82) is 5.26 Å². The molecule has 1 heterocycles. The number of aromatic nitrogens is 3. The average Bonchev–Trinajstić information content (AvgIpc) is 3.54. The summed E-state index contributed by atoms with van der Waals surface area (Å²) in [6, 6.07) is 13.3. The lowest BCUT2D eigenvalue weighted by atomic mass is 10.2. The summed E-state index contributed by atoms with van der Waals surface area (Å²) in [5.41, 5.74) is 1.25. The maximum atomic E-state index is 8.91. The lowest BCUT2D eigenvalue weighted by molar-refractivity contribution is 0.199. The number of rotatable bonds is 8. The number of hydrogen-bond donors (Lipinski definition) is 0. The van der Waals surface area contributed by atoms with E-state index in [4.69, 9.17) is 22.6 Å². The van der Waals surface area contributed by atoms with E-state index in [9.17, 15) is 0 Å². The summed E-state index contributed by atoms with van der Waals surface area (Å²) >= 11 is 5.77. The molecule has 0 radical (unpaired) electrons. The van der Waals surface area contributed by atoms with Crippen molar-refractivity contribution in [2.75, 3.05) is 6.54 Å². The van der Waals surface area contributed by atoms with Crippen molar-refractivity contribution in [3.05, 3.63) is 46.5 Å². The Morgan fingerprint density at radius 2 is 1.96 bits per heavy atom. The topological polar surface area (TPSA) is 49.8 Å². The van der Waals surface area contributed by atoms with E-state index in [1.54, 1.807) is 0 Å². The van der Waals surface area contributed by atoms with Gasteiger partial charge in [0, 0.05) is 24.9 Å². The fourth-order valence-corrected chi connectivity index (χ4v) is 3.54. The highest BCUT2D eigenvalue weighted by atomic mass is 32.1. The van der Waals surface area contributed by atoms with E-state index in [2.05, 4.69) is 39.8 Å². The van der Waals surface area contributed by atoms with Crippen LogP contribution in [-0.4, -0.2) is 31.8 Å². The highest BCUT2D eigenvalue weighted by Gasteiger charge is 2.32. The first kappa shape index (κ1) is 16.5. The SMILES string of the molecule is N#CCCN(Cn1nc(C2CC2)n(Cc2ccccc2)c1=S)C1CC1. The van der Waals surface area contributed by atoms with Gasteiger partial charge in [0.2, 0.25) is 0 Å². The summed E-state index contributed by atoms with van der Waals surface area (Å²) in [7, 11) is 0. The van der Waals surface area contributed by atoms with Crippen LogP contribution < -0.4 is 0 Å². The molecule has 1 aromatic heterocycles. The Bertz CT molecular complexity index is 824. The zero-order valence-electron chi connectivity index (χ0n) is 14.3. The molecule has 130 valence electrons. The standard InChI is InChI=1S/C19H23N5S/c20-11-4-12-22(17-9-10-17)14-24-19(25)23(18(21-24)16-7-8-16)13-15-5-2-1-3-6-15/h1-3,5-6,16-17H,4,7-10,12-14H2. The Balaban J connectivity index is 1.59. The van der Waals surface area contributed by atoms with Gasteiger partial charge in [-0.15, -0.1) is 0 Å². The second-order valence-electron chi connectivity index (χ2n) is 7.08. The quantitative estimate of drug-likeness (QED) is 0.679. The monoisotopic (exact) mass is 353 g/mol. The van der Waals surface area contributed by atoms with E-state index in [-0.39, 0.29) is 0 Å². The maximum Gasteiger partial charge on any atom is 0.199 e. The molecule has 0 spiro atoms. The summed E-state index contributed by atoms with van der Waals surface area (Å²) < 4.78 is 4.98. The first-order valence-corrected chi connectivity index (χ1v) is 9.49. The molecule has 2 aliphatic carbocycles. The van der Waals surface area contributed by atoms with E-state index in [0.29, 0.717) is 25.0 Å². The summed E-state index contributed by atoms with van der Waals surface area (Å²) in [5, 5.41) is 13.8. The minimum Gasteiger partial charge on any atom is -0.299 e. The number of nitrogens with zero attached hydrogens (tertiary/aromatic N) is 5. The Hall–Kier alpha value is -1.97. The Morgan fingerprint density at radius 1 is 1.20 bits per heavy atom. The molecule has 2 saturated carbocycles. The van der Waals surface area contributed by atoms with Crippen molar-refractivity contribution in [3.8, 4) is 6.07 Å². The van der Waals surface area contributed by atoms with Crippen molar-refractivity contribution in [2.24, 2.45) is 0 Å². The zero-order chi connectivity index (χ0) is 17.2. The van der Waals surface area contributed by atoms with Crippen LogP contribution in [0.4, 0.5) is 0 Å². The summed E-state index contributed by atoms with van der Waals surface area (Å²) in [6.07, 6.45) is 5.42. The van der Waals surface area contributed by atoms with E-state index in [1.165, 1.54) is 31.2 Å². The molecule has 0 aliphatic heterocycles. The zero-order valence-corrected chi connectivity index (χ0v) is 15.2. The molecule has 2 fully saturated rings. The van der Waals surface area contributed by atoms with Gasteiger partial charge < -0.3 is 0 Å². The van der Waals surface area contributed by atoms with Gasteiger partial charge in [-0.25, -0.2) is 4.68 Å². The van der Waals surface area contributed by atoms with Crippen molar-refractivity contribution in [2.45, 2.75) is 57.3 Å². The maximum absolute atomic E-state index is 8.91. The fourth-order valence-electron chi connectivity index (χ4n) is 3.28. The molecule has 0 unspecified atom stereocenters. The van der Waals surface area contributed by atoms with Crippen LogP contribution in [-0.2, 0) is 13.2 Å². The number of benzene rings is 1. The number of nitriles is 1. The van der Waals surface area contributed by atoms with Crippen molar-refractivity contribution < 1.29 is 0 Å². The normalized spacial score (nSPS) is 17.0. The van der Waals surface area contributed by atoms with Crippen LogP contribution in [0.1, 0.15) is 49.4 Å². The van der Waals surface area contributed by atoms with Gasteiger partial charge in [-0.3, -0.25) is 9.47 Å². The molecule has 5 nitrogen and oxygen atoms in total. The summed E-state index contributed by atoms with van der Waals surface area (Å²) in [4.78, 5) is 2.36. The Labute approximate surface area is 153 Å². The van der Waals surface area contributed by atoms with Crippen molar-refractivity contribution in [1.82, 2.24) is 19.2 Å². The van der Waals surface area contributed by atoms with E-state index in [0.717, 1.165) is 23.7 Å². The molecule has 2 aliphatic rings. The highest BCUT2D eigenvalue weighted by molar-refractivity contribution is 7.71. The Morgan fingerprint density at radius 3 is 2.60 bits per heavy atom. The first-order valence-electron chi connectivity index (χ1n) is 9.08. The molecule has 0 amide bonds. The summed E-state index contributed by atoms with van der Waals surface area (Å²) in [5.74, 6) is 1.69. The second-order valence-corrected chi connectivity index (χ2v) is 7.44. The minimum atomic E-state index is 0.556. The average molecular weight is 353 g/mol. The molecule has 4 rings (SSSR count). The second kappa shape index (κ2) is 7.11. The van der Waals surface area contributed by atoms with Crippen LogP contribution in [0.5, 0.6) is 0 Å². The van der Waals surface area contributed by atoms with Gasteiger partial charge in [-0.05, 0) is 43.5 Å². The van der Waals surface area contributed by atoms with Gasteiger partial charge in [0.15, 0.2) is 4.77 Å². The molecular weight excluding hydrogens is 330 g/mol. The molecule has 0 N–H and O–H groups in total. The third-order valence-electron chi connectivity index (χ3n) is 4.97. The van der Waals surface area contributed by atoms with Crippen LogP contribution in [0.3, 0.4) is 0 Å². The van der Waals surface area contributed by atoms with Crippen molar-refractivity contribution in [3.63, 3.8) is 0 Å². The van der Waals surface area contributed by atoms with Gasteiger partial charge in [0.05, 0.1) is 19.3 Å². The van der Waals surface area contributed by atoms with E-state index >= 15 is 0 Å². The molecule has 6 heteroatoms. The van der Waals surface area contributed by atoms with Gasteiger partial charge >= 0.3 is 0 Å². The molecule has 0 saturated heterocycles. The van der Waals surface area contributed by atoms with Crippen LogP contribution in [0, 0.1) is 16.1 Å². The van der Waals surface area contributed by atoms with Gasteiger partial charge in [0.1, 0.15) is 5.82 Å². The lowest BCUT2D eigenvalue weighted by Gasteiger charge is -2.20. The molecule has 2 aromatic rings. The lowest BCUT2D eigenvalue weighted by Crippen LogP contribution is -2.30. The van der Waals surface area contributed by atoms with Crippen LogP contribution in [0.25, 0.3) is 0 Å². The van der Waals surface area contributed by atoms with Gasteiger partial charge in [0.25, 0.3) is 0 Å². The molecular formula is C19H23N5S. The minimum absolute atomic E-state index is 0.556. The predicted octanol–water partition coefficient (Wildman–Crippen LogP) is 3.68. The third kappa shape index (κ3) is 3.83. The van der Waals surface area contributed by atoms with Crippen molar-refractivity contribution >= 4 is 12.2 Å². The molecule has 0 atom stereocenters. The molecule has 0 bridgehead atoms. The van der Waals surface area contributed by atoms with Crippen LogP contribution >= 0.6 is 12.2 Å². The molecule has 1 aromatic carbocycles. The fraction of sp³-hybridized carbons (Fsp3) is 0.526. The molecule has 25 heavy (non-hydrogen) atoms. The Kier molecular flexibility index (Phi) is 4.69. The largest absolute Gasteiger partial charge is 0.299 e.